The van der Waals surface area contributed by atoms with Gasteiger partial charge in [0.2, 0.25) is 5.78 Å². The van der Waals surface area contributed by atoms with Crippen LogP contribution >= 0.6 is 0 Å². The summed E-state index contributed by atoms with van der Waals surface area (Å²) in [6.45, 7) is 1.07. The summed E-state index contributed by atoms with van der Waals surface area (Å²) in [7, 11) is 6.38. The highest BCUT2D eigenvalue weighted by molar-refractivity contribution is 6.25. The normalized spacial score (nSPS) is 26.5. The number of fused-ring (bicyclic) bond motifs is 4. The van der Waals surface area contributed by atoms with Gasteiger partial charge in [0.05, 0.1) is 11.6 Å². The van der Waals surface area contributed by atoms with Crippen LogP contribution in [-0.4, -0.2) is 93.3 Å². The molecule has 0 radical (unpaired) electrons. The van der Waals surface area contributed by atoms with Crippen LogP contribution in [0.1, 0.15) is 34.8 Å². The molecular formula is C29H30N2O8. The molecule has 4 N–H and O–H groups in total. The number of nitrogens with zero attached hydrogens (tertiary/aromatic N) is 2. The molecule has 0 unspecified atom stereocenters. The summed E-state index contributed by atoms with van der Waals surface area (Å²) in [4.78, 5) is 54.9. The number of carbonyl (C=O) groups excluding carboxylic acids is 4. The molecule has 1 fully saturated rings. The molecule has 0 aromatic heterocycles. The Morgan fingerprint density at radius 3 is 2.28 bits per heavy atom. The minimum atomic E-state index is -2.61. The van der Waals surface area contributed by atoms with Crippen molar-refractivity contribution in [2.75, 3.05) is 28.2 Å². The third-order valence-corrected chi connectivity index (χ3v) is 8.28. The fourth-order valence-corrected chi connectivity index (χ4v) is 6.50. The second-order valence-corrected chi connectivity index (χ2v) is 11.0. The van der Waals surface area contributed by atoms with Crippen molar-refractivity contribution in [2.45, 2.75) is 31.4 Å². The van der Waals surface area contributed by atoms with E-state index in [0.717, 1.165) is 6.92 Å². The predicted molar refractivity (Wildman–Crippen MR) is 141 cm³/mol. The van der Waals surface area contributed by atoms with Crippen LogP contribution in [0.15, 0.2) is 41.2 Å². The van der Waals surface area contributed by atoms with E-state index in [2.05, 4.69) is 0 Å². The zero-order chi connectivity index (χ0) is 28.7. The van der Waals surface area contributed by atoms with Crippen LogP contribution in [-0.2, 0) is 20.8 Å². The van der Waals surface area contributed by atoms with Gasteiger partial charge in [-0.1, -0.05) is 12.1 Å². The molecular weight excluding hydrogens is 504 g/mol. The SMILES string of the molecule is CC(=O)C1=C(O)[C@@]2(O)C(=O)C3=C(O)c4c(cc5ccc(C(=O)N(C)C)cc5c4O)C[C@H]3C[C@H]2[C@H](N(C)C)C1=O. The number of carbonyl (C=O) groups is 4. The van der Waals surface area contributed by atoms with Gasteiger partial charge in [-0.25, -0.2) is 0 Å². The molecule has 10 nitrogen and oxygen atoms in total. The van der Waals surface area contributed by atoms with Crippen molar-refractivity contribution >= 4 is 39.8 Å². The molecule has 2 aromatic carbocycles. The zero-order valence-electron chi connectivity index (χ0n) is 22.3. The molecule has 4 atom stereocenters. The van der Waals surface area contributed by atoms with E-state index in [1.54, 1.807) is 46.4 Å². The number of Topliss-reactive ketones (excluding diaryl/α,β-unsaturated/α-hetero) is 3. The van der Waals surface area contributed by atoms with Crippen LogP contribution < -0.4 is 0 Å². The van der Waals surface area contributed by atoms with Gasteiger partial charge in [0.25, 0.3) is 5.91 Å². The van der Waals surface area contributed by atoms with Gasteiger partial charge in [-0.2, -0.15) is 0 Å². The van der Waals surface area contributed by atoms with Crippen molar-refractivity contribution < 1.29 is 39.6 Å². The minimum absolute atomic E-state index is 0.00454. The Hall–Kier alpha value is -4.02. The molecule has 0 aliphatic heterocycles. The topological polar surface area (TPSA) is 156 Å². The highest BCUT2D eigenvalue weighted by Gasteiger charge is 2.63. The number of aliphatic hydroxyl groups is 3. The third-order valence-electron chi connectivity index (χ3n) is 8.28. The Morgan fingerprint density at radius 1 is 1.03 bits per heavy atom. The standard InChI is InChI=1S/C29H30N2O8/c1-12(32)19-25(35)22(30(2)3)18-11-16-9-15-8-13-6-7-14(28(38)31(4)5)10-17(13)23(33)20(15)24(34)21(16)27(37)29(18,39)26(19)36/h6-8,10,16,18,22,33-34,36,39H,9,11H2,1-5H3/t16-,18-,22-,29+/m0/s1. The number of benzene rings is 2. The highest BCUT2D eigenvalue weighted by atomic mass is 16.3. The molecule has 1 amide bonds. The van der Waals surface area contributed by atoms with E-state index in [4.69, 9.17) is 0 Å². The van der Waals surface area contributed by atoms with Crippen molar-refractivity contribution in [3.63, 3.8) is 0 Å². The lowest BCUT2D eigenvalue weighted by Crippen LogP contribution is -2.65. The Bertz CT molecular complexity index is 1570. The molecule has 3 aliphatic rings. The second kappa shape index (κ2) is 8.75. The second-order valence-electron chi connectivity index (χ2n) is 11.0. The molecule has 0 spiro atoms. The summed E-state index contributed by atoms with van der Waals surface area (Å²) in [5.41, 5.74) is -2.55. The van der Waals surface area contributed by atoms with Gasteiger partial charge < -0.3 is 25.3 Å². The first-order valence-electron chi connectivity index (χ1n) is 12.6. The number of aliphatic hydroxyl groups excluding tert-OH is 2. The van der Waals surface area contributed by atoms with Gasteiger partial charge in [-0.15, -0.1) is 0 Å². The van der Waals surface area contributed by atoms with E-state index in [1.165, 1.54) is 15.9 Å². The first-order valence-corrected chi connectivity index (χ1v) is 12.6. The van der Waals surface area contributed by atoms with Crippen molar-refractivity contribution in [3.05, 3.63) is 57.9 Å². The number of phenolic OH excluding ortho intramolecular Hbond substituents is 1. The van der Waals surface area contributed by atoms with Gasteiger partial charge in [-0.05, 0) is 62.9 Å². The highest BCUT2D eigenvalue weighted by Crippen LogP contribution is 2.53. The lowest BCUT2D eigenvalue weighted by molar-refractivity contribution is -0.153. The van der Waals surface area contributed by atoms with E-state index >= 15 is 0 Å². The van der Waals surface area contributed by atoms with Gasteiger partial charge >= 0.3 is 0 Å². The number of ketones is 3. The Balaban J connectivity index is 1.73. The predicted octanol–water partition coefficient (Wildman–Crippen LogP) is 1.92. The van der Waals surface area contributed by atoms with E-state index in [1.807, 2.05) is 0 Å². The molecule has 1 saturated carbocycles. The fraction of sp³-hybridized carbons (Fsp3) is 0.379. The quantitative estimate of drug-likeness (QED) is 0.432. The maximum absolute atomic E-state index is 13.9. The van der Waals surface area contributed by atoms with Gasteiger partial charge in [0, 0.05) is 36.5 Å². The van der Waals surface area contributed by atoms with Crippen LogP contribution in [0.5, 0.6) is 5.75 Å². The number of rotatable bonds is 3. The van der Waals surface area contributed by atoms with Gasteiger partial charge in [-0.3, -0.25) is 24.1 Å². The summed E-state index contributed by atoms with van der Waals surface area (Å²) in [5, 5.41) is 46.3. The maximum atomic E-state index is 13.9. The molecule has 0 saturated heterocycles. The number of likely N-dealkylation sites (N-methyl/N-ethyl adjacent to an activating group) is 1. The summed E-state index contributed by atoms with van der Waals surface area (Å²) >= 11 is 0. The van der Waals surface area contributed by atoms with E-state index in [-0.39, 0.29) is 35.6 Å². The van der Waals surface area contributed by atoms with Gasteiger partial charge in [0.15, 0.2) is 17.2 Å². The molecule has 39 heavy (non-hydrogen) atoms. The molecule has 10 heteroatoms. The Kier molecular flexibility index (Phi) is 5.97. The summed E-state index contributed by atoms with van der Waals surface area (Å²) in [5.74, 6) is -6.33. The zero-order valence-corrected chi connectivity index (χ0v) is 22.3. The minimum Gasteiger partial charge on any atom is -0.508 e. The number of phenols is 1. The fourth-order valence-electron chi connectivity index (χ4n) is 6.50. The maximum Gasteiger partial charge on any atom is 0.253 e. The third kappa shape index (κ3) is 3.55. The Morgan fingerprint density at radius 2 is 1.69 bits per heavy atom. The number of hydrogen-bond donors (Lipinski definition) is 4. The lowest BCUT2D eigenvalue weighted by atomic mass is 9.57. The first kappa shape index (κ1) is 26.6. The van der Waals surface area contributed by atoms with Crippen LogP contribution in [0, 0.1) is 11.8 Å². The molecule has 0 heterocycles. The monoisotopic (exact) mass is 534 g/mol. The van der Waals surface area contributed by atoms with Crippen molar-refractivity contribution in [2.24, 2.45) is 11.8 Å². The molecule has 0 bridgehead atoms. The summed E-state index contributed by atoms with van der Waals surface area (Å²) in [6.07, 6.45) is 0.271. The average Bonchev–Trinajstić information content (AvgIpc) is 2.85. The molecule has 204 valence electrons. The molecule has 5 rings (SSSR count). The summed E-state index contributed by atoms with van der Waals surface area (Å²) < 4.78 is 0. The number of aromatic hydroxyl groups is 1. The number of amides is 1. The number of hydrogen-bond acceptors (Lipinski definition) is 9. The van der Waals surface area contributed by atoms with E-state index < -0.39 is 57.9 Å². The Labute approximate surface area is 224 Å². The van der Waals surface area contributed by atoms with E-state index in [0.29, 0.717) is 21.9 Å². The first-order chi connectivity index (χ1) is 18.2. The average molecular weight is 535 g/mol. The van der Waals surface area contributed by atoms with Crippen LogP contribution in [0.2, 0.25) is 0 Å². The van der Waals surface area contributed by atoms with Gasteiger partial charge in [0.1, 0.15) is 22.8 Å². The lowest BCUT2D eigenvalue weighted by Gasteiger charge is -2.50. The van der Waals surface area contributed by atoms with Crippen LogP contribution in [0.4, 0.5) is 0 Å². The van der Waals surface area contributed by atoms with Crippen molar-refractivity contribution in [1.82, 2.24) is 9.80 Å². The van der Waals surface area contributed by atoms with Crippen LogP contribution in [0.3, 0.4) is 0 Å². The summed E-state index contributed by atoms with van der Waals surface area (Å²) in [6, 6.07) is 5.55. The van der Waals surface area contributed by atoms with Crippen molar-refractivity contribution in [1.29, 1.82) is 0 Å². The van der Waals surface area contributed by atoms with E-state index in [9.17, 15) is 39.6 Å². The smallest absolute Gasteiger partial charge is 0.253 e. The molecule has 3 aliphatic carbocycles. The van der Waals surface area contributed by atoms with Crippen LogP contribution in [0.25, 0.3) is 16.5 Å². The van der Waals surface area contributed by atoms with Crippen molar-refractivity contribution in [3.8, 4) is 5.75 Å². The molecule has 2 aromatic rings. The largest absolute Gasteiger partial charge is 0.508 e.